The van der Waals surface area contributed by atoms with Gasteiger partial charge < -0.3 is 0 Å². The fourth-order valence-electron chi connectivity index (χ4n) is 12.7. The fraction of sp³-hybridized carbons (Fsp3) is 1.00. The third-order valence-electron chi connectivity index (χ3n) is 17.9. The van der Waals surface area contributed by atoms with Crippen molar-refractivity contribution in [3.8, 4) is 0 Å². The molecule has 0 nitrogen and oxygen atoms in total. The van der Waals surface area contributed by atoms with Gasteiger partial charge in [-0.1, -0.05) is 115 Å². The molecule has 0 aromatic rings. The number of hydrogen-bond acceptors (Lipinski definition) is 0. The molecule has 0 aromatic heterocycles. The van der Waals surface area contributed by atoms with Crippen molar-refractivity contribution in [2.75, 3.05) is 0 Å². The van der Waals surface area contributed by atoms with E-state index in [4.69, 9.17) is 0 Å². The van der Waals surface area contributed by atoms with Gasteiger partial charge in [0.25, 0.3) is 0 Å². The van der Waals surface area contributed by atoms with E-state index in [1.165, 1.54) is 83.5 Å². The molecule has 5 aliphatic carbocycles. The first-order valence-corrected chi connectivity index (χ1v) is 21.7. The quantitative estimate of drug-likeness (QED) is 0.111. The summed E-state index contributed by atoms with van der Waals surface area (Å²) in [6.45, 7) is 31.2. The Morgan fingerprint density at radius 3 is 2.09 bits per heavy atom. The lowest BCUT2D eigenvalue weighted by atomic mass is 9.54. The normalized spacial score (nSPS) is 37.8. The molecule has 0 saturated heterocycles. The van der Waals surface area contributed by atoms with Crippen LogP contribution in [0.2, 0.25) is 0 Å². The van der Waals surface area contributed by atoms with Gasteiger partial charge in [-0.15, -0.1) is 0 Å². The Morgan fingerprint density at radius 2 is 1.50 bits per heavy atom. The Balaban J connectivity index is 1.08. The van der Waals surface area contributed by atoms with Crippen LogP contribution in [0.3, 0.4) is 0 Å². The zero-order chi connectivity index (χ0) is 33.6. The maximum atomic E-state index is 2.79. The van der Waals surface area contributed by atoms with Gasteiger partial charge in [0.15, 0.2) is 0 Å². The molecule has 15 unspecified atom stereocenters. The molecule has 0 bridgehead atoms. The first-order valence-electron chi connectivity index (χ1n) is 21.7. The van der Waals surface area contributed by atoms with Gasteiger partial charge in [-0.25, -0.2) is 0 Å². The van der Waals surface area contributed by atoms with E-state index in [-0.39, 0.29) is 0 Å². The van der Waals surface area contributed by atoms with Crippen LogP contribution in [0.5, 0.6) is 0 Å². The van der Waals surface area contributed by atoms with Crippen LogP contribution in [0, 0.1) is 99.1 Å². The molecule has 5 saturated carbocycles. The molecule has 268 valence electrons. The largest absolute Gasteiger partial charge is 0.0654 e. The van der Waals surface area contributed by atoms with Crippen molar-refractivity contribution in [1.29, 1.82) is 0 Å². The molecule has 0 heteroatoms. The SMILES string of the molecule is CCCC(CC)CC(C)C(C)CC1CC1C(C)C(C)CCC12CCC(C(C)C(C)(C3CC3)C(C)C(C)(C)CCCC3CC3C)C1C2. The molecule has 0 spiro atoms. The average Bonchev–Trinajstić information content (AvgIpc) is 3.84. The summed E-state index contributed by atoms with van der Waals surface area (Å²) in [5.41, 5.74) is 1.75. The van der Waals surface area contributed by atoms with Gasteiger partial charge in [0.05, 0.1) is 0 Å². The first kappa shape index (κ1) is 37.3. The summed E-state index contributed by atoms with van der Waals surface area (Å²) in [6, 6.07) is 0. The van der Waals surface area contributed by atoms with Crippen LogP contribution >= 0.6 is 0 Å². The maximum absolute atomic E-state index is 2.79. The maximum Gasteiger partial charge on any atom is -0.0238 e. The molecule has 46 heavy (non-hydrogen) atoms. The van der Waals surface area contributed by atoms with Gasteiger partial charge in [-0.2, -0.15) is 0 Å². The number of hydrogen-bond donors (Lipinski definition) is 0. The zero-order valence-corrected chi connectivity index (χ0v) is 33.6. The van der Waals surface area contributed by atoms with E-state index in [1.807, 2.05) is 0 Å². The van der Waals surface area contributed by atoms with Crippen molar-refractivity contribution in [3.05, 3.63) is 0 Å². The van der Waals surface area contributed by atoms with Crippen molar-refractivity contribution in [1.82, 2.24) is 0 Å². The zero-order valence-electron chi connectivity index (χ0n) is 33.6. The van der Waals surface area contributed by atoms with Crippen LogP contribution in [-0.2, 0) is 0 Å². The highest BCUT2D eigenvalue weighted by Gasteiger charge is 2.65. The Bertz CT molecular complexity index is 957. The van der Waals surface area contributed by atoms with E-state index in [1.54, 1.807) is 25.7 Å². The predicted octanol–water partition coefficient (Wildman–Crippen LogP) is 14.5. The molecule has 5 rings (SSSR count). The average molecular weight is 637 g/mol. The second-order valence-corrected chi connectivity index (χ2v) is 20.9. The summed E-state index contributed by atoms with van der Waals surface area (Å²) >= 11 is 0. The van der Waals surface area contributed by atoms with E-state index >= 15 is 0 Å². The minimum Gasteiger partial charge on any atom is -0.0654 e. The lowest BCUT2D eigenvalue weighted by molar-refractivity contribution is -0.0260. The highest BCUT2D eigenvalue weighted by atomic mass is 14.7. The van der Waals surface area contributed by atoms with E-state index < -0.39 is 0 Å². The molecular weight excluding hydrogens is 553 g/mol. The van der Waals surface area contributed by atoms with E-state index in [0.29, 0.717) is 10.8 Å². The van der Waals surface area contributed by atoms with Crippen LogP contribution in [0.15, 0.2) is 0 Å². The van der Waals surface area contributed by atoms with Gasteiger partial charge in [0, 0.05) is 0 Å². The van der Waals surface area contributed by atoms with Crippen molar-refractivity contribution >= 4 is 0 Å². The van der Waals surface area contributed by atoms with E-state index in [2.05, 4.69) is 83.1 Å². The molecule has 0 aromatic carbocycles. The van der Waals surface area contributed by atoms with Crippen LogP contribution in [-0.4, -0.2) is 0 Å². The van der Waals surface area contributed by atoms with Crippen LogP contribution in [0.25, 0.3) is 0 Å². The first-order chi connectivity index (χ1) is 21.7. The molecule has 0 aliphatic heterocycles. The molecule has 5 fully saturated rings. The lowest BCUT2D eigenvalue weighted by Crippen LogP contribution is -2.45. The summed E-state index contributed by atoms with van der Waals surface area (Å²) in [6.07, 6.45) is 25.4. The number of rotatable bonds is 22. The van der Waals surface area contributed by atoms with Gasteiger partial charge in [-0.3, -0.25) is 0 Å². The van der Waals surface area contributed by atoms with Crippen molar-refractivity contribution < 1.29 is 0 Å². The standard InChI is InChI=1S/C46H84/c1-13-16-37(14-2)25-31(4)32(5)26-39-28-42(39)34(7)30(3)20-23-46-24-21-41(43(46)29-46)35(8)45(12,40-18-19-40)36(9)44(10,11)22-15-17-38-27-33(38)6/h30-43H,13-29H2,1-12H3. The summed E-state index contributed by atoms with van der Waals surface area (Å²) in [5, 5.41) is 0. The van der Waals surface area contributed by atoms with Crippen LogP contribution in [0.4, 0.5) is 0 Å². The summed E-state index contributed by atoms with van der Waals surface area (Å²) < 4.78 is 0. The monoisotopic (exact) mass is 637 g/mol. The summed E-state index contributed by atoms with van der Waals surface area (Å²) in [7, 11) is 0. The topological polar surface area (TPSA) is 0 Å². The third kappa shape index (κ3) is 8.14. The summed E-state index contributed by atoms with van der Waals surface area (Å²) in [4.78, 5) is 0. The van der Waals surface area contributed by atoms with Gasteiger partial charge in [0.2, 0.25) is 0 Å². The van der Waals surface area contributed by atoms with Crippen molar-refractivity contribution in [2.24, 2.45) is 99.1 Å². The van der Waals surface area contributed by atoms with Crippen LogP contribution < -0.4 is 0 Å². The van der Waals surface area contributed by atoms with Gasteiger partial charge in [-0.05, 0) is 176 Å². The predicted molar refractivity (Wildman–Crippen MR) is 203 cm³/mol. The van der Waals surface area contributed by atoms with Crippen molar-refractivity contribution in [2.45, 2.75) is 192 Å². The second kappa shape index (κ2) is 14.7. The van der Waals surface area contributed by atoms with Gasteiger partial charge in [0.1, 0.15) is 0 Å². The number of fused-ring (bicyclic) bond motifs is 1. The Morgan fingerprint density at radius 1 is 0.804 bits per heavy atom. The molecule has 0 heterocycles. The van der Waals surface area contributed by atoms with Gasteiger partial charge >= 0.3 is 0 Å². The summed E-state index contributed by atoms with van der Waals surface area (Å²) in [5.74, 6) is 13.6. The molecule has 0 amide bonds. The minimum absolute atomic E-state index is 0.470. The van der Waals surface area contributed by atoms with E-state index in [0.717, 1.165) is 88.3 Å². The molecule has 0 N–H and O–H groups in total. The fourth-order valence-corrected chi connectivity index (χ4v) is 12.7. The molecule has 5 aliphatic rings. The smallest absolute Gasteiger partial charge is 0.0238 e. The molecular formula is C46H84. The second-order valence-electron chi connectivity index (χ2n) is 20.9. The Labute approximate surface area is 290 Å². The highest BCUT2D eigenvalue weighted by Crippen LogP contribution is 2.73. The minimum atomic E-state index is 0.470. The Hall–Kier alpha value is 0. The van der Waals surface area contributed by atoms with Crippen molar-refractivity contribution in [3.63, 3.8) is 0 Å². The third-order valence-corrected chi connectivity index (χ3v) is 17.9. The molecule has 15 atom stereocenters. The lowest BCUT2D eigenvalue weighted by Gasteiger charge is -2.51. The van der Waals surface area contributed by atoms with Crippen LogP contribution in [0.1, 0.15) is 192 Å². The Kier molecular flexibility index (Phi) is 11.9. The molecule has 0 radical (unpaired) electrons. The van der Waals surface area contributed by atoms with E-state index in [9.17, 15) is 0 Å². The highest BCUT2D eigenvalue weighted by molar-refractivity contribution is 5.14.